The van der Waals surface area contributed by atoms with Gasteiger partial charge in [0.05, 0.1) is 11.6 Å². The van der Waals surface area contributed by atoms with Crippen molar-refractivity contribution >= 4 is 22.8 Å². The third-order valence-electron chi connectivity index (χ3n) is 5.67. The highest BCUT2D eigenvalue weighted by Crippen LogP contribution is 2.37. The molecule has 166 valence electrons. The maximum Gasteiger partial charge on any atom is 0.417 e. The molecule has 2 heterocycles. The van der Waals surface area contributed by atoms with Crippen LogP contribution in [0.4, 0.5) is 18.0 Å². The topological polar surface area (TPSA) is 59.5 Å². The first kappa shape index (κ1) is 21.8. The zero-order chi connectivity index (χ0) is 23.0. The van der Waals surface area contributed by atoms with Crippen molar-refractivity contribution in [3.8, 4) is 0 Å². The predicted molar refractivity (Wildman–Crippen MR) is 112 cm³/mol. The summed E-state index contributed by atoms with van der Waals surface area (Å²) in [7, 11) is 0. The van der Waals surface area contributed by atoms with Gasteiger partial charge in [-0.2, -0.15) is 13.2 Å². The molecule has 0 bridgehead atoms. The van der Waals surface area contributed by atoms with Crippen molar-refractivity contribution in [2.75, 3.05) is 0 Å². The minimum Gasteiger partial charge on any atom is -0.439 e. The average molecular weight is 442 g/mol. The molecule has 2 atom stereocenters. The lowest BCUT2D eigenvalue weighted by Gasteiger charge is -2.20. The molecule has 2 amide bonds. The molecule has 1 fully saturated rings. The van der Waals surface area contributed by atoms with Gasteiger partial charge in [-0.3, -0.25) is 9.78 Å². The third kappa shape index (κ3) is 4.17. The van der Waals surface area contributed by atoms with Gasteiger partial charge in [0.2, 0.25) is 5.91 Å². The van der Waals surface area contributed by atoms with Crippen molar-refractivity contribution in [3.63, 3.8) is 0 Å². The number of carbonyl (C=O) groups excluding carboxylic acids is 2. The fourth-order valence-corrected chi connectivity index (χ4v) is 4.15. The van der Waals surface area contributed by atoms with Crippen molar-refractivity contribution in [3.05, 3.63) is 77.1 Å². The van der Waals surface area contributed by atoms with Gasteiger partial charge in [-0.1, -0.05) is 29.8 Å². The number of nitrogens with zero attached hydrogens (tertiary/aromatic N) is 2. The normalized spacial score (nSPS) is 18.8. The Bertz CT molecular complexity index is 1190. The van der Waals surface area contributed by atoms with E-state index < -0.39 is 35.9 Å². The number of aromatic nitrogens is 1. The Morgan fingerprint density at radius 1 is 1.19 bits per heavy atom. The molecule has 0 unspecified atom stereocenters. The Balaban J connectivity index is 1.52. The van der Waals surface area contributed by atoms with Crippen LogP contribution >= 0.6 is 0 Å². The van der Waals surface area contributed by atoms with Gasteiger partial charge in [0.15, 0.2) is 0 Å². The number of carbonyl (C=O) groups is 2. The van der Waals surface area contributed by atoms with E-state index in [9.17, 15) is 22.8 Å². The van der Waals surface area contributed by atoms with Crippen LogP contribution in [0.25, 0.3) is 10.8 Å². The molecule has 8 heteroatoms. The van der Waals surface area contributed by atoms with E-state index in [1.165, 1.54) is 0 Å². The second-order valence-electron chi connectivity index (χ2n) is 7.95. The third-order valence-corrected chi connectivity index (χ3v) is 5.67. The van der Waals surface area contributed by atoms with Crippen molar-refractivity contribution in [2.24, 2.45) is 0 Å². The Morgan fingerprint density at radius 2 is 1.97 bits per heavy atom. The van der Waals surface area contributed by atoms with E-state index in [-0.39, 0.29) is 12.0 Å². The second-order valence-corrected chi connectivity index (χ2v) is 7.95. The summed E-state index contributed by atoms with van der Waals surface area (Å²) in [6, 6.07) is 10.4. The summed E-state index contributed by atoms with van der Waals surface area (Å²) in [5.74, 6) is -0.431. The van der Waals surface area contributed by atoms with Gasteiger partial charge in [0.1, 0.15) is 6.10 Å². The molecule has 1 aliphatic rings. The van der Waals surface area contributed by atoms with E-state index >= 15 is 0 Å². The average Bonchev–Trinajstić information content (AvgIpc) is 3.05. The zero-order valence-corrected chi connectivity index (χ0v) is 17.5. The van der Waals surface area contributed by atoms with E-state index in [0.29, 0.717) is 12.0 Å². The molecule has 1 aromatic heterocycles. The van der Waals surface area contributed by atoms with Crippen LogP contribution in [0.3, 0.4) is 0 Å². The predicted octanol–water partition coefficient (Wildman–Crippen LogP) is 5.60. The fourth-order valence-electron chi connectivity index (χ4n) is 4.15. The molecule has 4 rings (SSSR count). The number of fused-ring (bicyclic) bond motifs is 1. The van der Waals surface area contributed by atoms with E-state index in [2.05, 4.69) is 4.98 Å². The van der Waals surface area contributed by atoms with E-state index in [4.69, 9.17) is 4.74 Å². The van der Waals surface area contributed by atoms with Gasteiger partial charge in [-0.05, 0) is 55.0 Å². The lowest BCUT2D eigenvalue weighted by molar-refractivity contribution is -0.137. The molecular weight excluding hydrogens is 421 g/mol. The number of pyridine rings is 1. The standard InChI is InChI=1S/C24H21F3N2O3/c1-14-10-18(12-19(11-14)24(25,26)27)22-15(2)29(23(31)32-22)21(30)7-6-16-4-3-5-17-13-28-9-8-20(16)17/h3-5,8-13,15,22H,6-7H2,1-2H3/t15-,22-/m0/s1. The van der Waals surface area contributed by atoms with Crippen LogP contribution in [0, 0.1) is 6.92 Å². The first-order chi connectivity index (χ1) is 15.1. The molecule has 0 N–H and O–H groups in total. The maximum atomic E-state index is 13.2. The first-order valence-corrected chi connectivity index (χ1v) is 10.2. The van der Waals surface area contributed by atoms with Gasteiger partial charge in [0.25, 0.3) is 0 Å². The number of cyclic esters (lactones) is 1. The zero-order valence-electron chi connectivity index (χ0n) is 17.5. The van der Waals surface area contributed by atoms with Crippen LogP contribution in [0.2, 0.25) is 0 Å². The maximum absolute atomic E-state index is 13.2. The summed E-state index contributed by atoms with van der Waals surface area (Å²) < 4.78 is 45.0. The number of benzene rings is 2. The fraction of sp³-hybridized carbons (Fsp3) is 0.292. The lowest BCUT2D eigenvalue weighted by Crippen LogP contribution is -2.37. The van der Waals surface area contributed by atoms with Gasteiger partial charge in [-0.15, -0.1) is 0 Å². The number of imide groups is 1. The SMILES string of the molecule is Cc1cc([C@H]2OC(=O)N(C(=O)CCc3cccc4cnccc34)[C@H]2C)cc(C(F)(F)F)c1. The van der Waals surface area contributed by atoms with Crippen LogP contribution in [0.5, 0.6) is 0 Å². The van der Waals surface area contributed by atoms with Crippen LogP contribution in [-0.4, -0.2) is 27.9 Å². The summed E-state index contributed by atoms with van der Waals surface area (Å²) in [5, 5.41) is 1.93. The Kier molecular flexibility index (Phi) is 5.62. The highest BCUT2D eigenvalue weighted by Gasteiger charge is 2.44. The number of hydrogen-bond acceptors (Lipinski definition) is 4. The van der Waals surface area contributed by atoms with Gasteiger partial charge >= 0.3 is 12.3 Å². The quantitative estimate of drug-likeness (QED) is 0.528. The van der Waals surface area contributed by atoms with Gasteiger partial charge < -0.3 is 4.74 Å². The molecule has 2 aromatic carbocycles. The molecule has 1 aliphatic heterocycles. The van der Waals surface area contributed by atoms with Gasteiger partial charge in [0, 0.05) is 24.2 Å². The van der Waals surface area contributed by atoms with E-state index in [1.807, 2.05) is 24.3 Å². The highest BCUT2D eigenvalue weighted by atomic mass is 19.4. The number of amides is 2. The van der Waals surface area contributed by atoms with Gasteiger partial charge in [-0.25, -0.2) is 9.69 Å². The summed E-state index contributed by atoms with van der Waals surface area (Å²) in [6.07, 6.45) is -2.44. The summed E-state index contributed by atoms with van der Waals surface area (Å²) >= 11 is 0. The lowest BCUT2D eigenvalue weighted by atomic mass is 9.98. The van der Waals surface area contributed by atoms with E-state index in [0.717, 1.165) is 33.4 Å². The Labute approximate surface area is 182 Å². The van der Waals surface area contributed by atoms with Crippen molar-refractivity contribution in [1.29, 1.82) is 0 Å². The van der Waals surface area contributed by atoms with Crippen molar-refractivity contribution < 1.29 is 27.5 Å². The monoisotopic (exact) mass is 442 g/mol. The smallest absolute Gasteiger partial charge is 0.417 e. The van der Waals surface area contributed by atoms with Crippen LogP contribution in [-0.2, 0) is 22.1 Å². The molecule has 1 saturated heterocycles. The van der Waals surface area contributed by atoms with Crippen molar-refractivity contribution in [1.82, 2.24) is 9.88 Å². The number of hydrogen-bond donors (Lipinski definition) is 0. The van der Waals surface area contributed by atoms with Crippen LogP contribution in [0.15, 0.2) is 54.9 Å². The number of ether oxygens (including phenoxy) is 1. The highest BCUT2D eigenvalue weighted by molar-refractivity contribution is 5.94. The number of halogens is 3. The molecule has 0 saturated carbocycles. The number of aryl methyl sites for hydroxylation is 2. The molecule has 32 heavy (non-hydrogen) atoms. The minimum absolute atomic E-state index is 0.0647. The molecule has 5 nitrogen and oxygen atoms in total. The molecular formula is C24H21F3N2O3. The summed E-state index contributed by atoms with van der Waals surface area (Å²) in [6.45, 7) is 3.15. The molecule has 0 aliphatic carbocycles. The molecule has 0 radical (unpaired) electrons. The second kappa shape index (κ2) is 8.26. The molecule has 0 spiro atoms. The van der Waals surface area contributed by atoms with Crippen LogP contribution < -0.4 is 0 Å². The summed E-state index contributed by atoms with van der Waals surface area (Å²) in [5.41, 5.74) is 0.748. The van der Waals surface area contributed by atoms with Crippen LogP contribution in [0.1, 0.15) is 41.7 Å². The largest absolute Gasteiger partial charge is 0.439 e. The Hall–Kier alpha value is -3.42. The van der Waals surface area contributed by atoms with E-state index in [1.54, 1.807) is 32.3 Å². The minimum atomic E-state index is -4.52. The summed E-state index contributed by atoms with van der Waals surface area (Å²) in [4.78, 5) is 30.4. The first-order valence-electron chi connectivity index (χ1n) is 10.2. The molecule has 3 aromatic rings. The Morgan fingerprint density at radius 3 is 2.72 bits per heavy atom. The number of rotatable bonds is 4. The number of alkyl halides is 3. The van der Waals surface area contributed by atoms with Crippen molar-refractivity contribution in [2.45, 2.75) is 45.0 Å².